The number of aliphatic hydroxyl groups is 2. The van der Waals surface area contributed by atoms with Gasteiger partial charge in [0.05, 0.1) is 6.10 Å². The normalized spacial score (nSPS) is 13.5. The lowest BCUT2D eigenvalue weighted by Gasteiger charge is -2.12. The minimum Gasteiger partial charge on any atom is -0.463 e. The van der Waals surface area contributed by atoms with Gasteiger partial charge in [-0.05, 0) is 44.4 Å². The van der Waals surface area contributed by atoms with Gasteiger partial charge in [-0.1, -0.05) is 134 Å². The first-order valence-electron chi connectivity index (χ1n) is 17.0. The lowest BCUT2D eigenvalue weighted by atomic mass is 10.0. The predicted molar refractivity (Wildman–Crippen MR) is 174 cm³/mol. The van der Waals surface area contributed by atoms with Crippen LogP contribution < -0.4 is 0 Å². The summed E-state index contributed by atoms with van der Waals surface area (Å²) in [5.41, 5.74) is 0. The Morgan fingerprint density at radius 2 is 1.21 bits per heavy atom. The Hall–Kier alpha value is -1.92. The zero-order valence-electron chi connectivity index (χ0n) is 27.3. The van der Waals surface area contributed by atoms with Crippen LogP contribution in [0.5, 0.6) is 0 Å². The van der Waals surface area contributed by atoms with Gasteiger partial charge in [0.25, 0.3) is 0 Å². The van der Waals surface area contributed by atoms with Crippen LogP contribution in [0, 0.1) is 5.92 Å². The van der Waals surface area contributed by atoms with Gasteiger partial charge in [-0.2, -0.15) is 0 Å². The molecule has 0 rings (SSSR count). The molecule has 0 aromatic rings. The van der Waals surface area contributed by atoms with E-state index in [9.17, 15) is 19.8 Å². The lowest BCUT2D eigenvalue weighted by molar-refractivity contribution is -0.152. The third-order valence-corrected chi connectivity index (χ3v) is 7.16. The van der Waals surface area contributed by atoms with Gasteiger partial charge in [0, 0.05) is 12.8 Å². The van der Waals surface area contributed by atoms with Gasteiger partial charge < -0.3 is 19.7 Å². The molecule has 244 valence electrons. The molecule has 1 unspecified atom stereocenters. The number of aliphatic hydroxyl groups excluding tert-OH is 2. The number of esters is 2. The molecule has 0 spiro atoms. The van der Waals surface area contributed by atoms with E-state index < -0.39 is 18.2 Å². The van der Waals surface area contributed by atoms with Crippen LogP contribution in [0.4, 0.5) is 0 Å². The molecule has 0 aliphatic rings. The maximum Gasteiger partial charge on any atom is 0.305 e. The average molecular weight is 593 g/mol. The molecule has 2 atom stereocenters. The van der Waals surface area contributed by atoms with E-state index in [-0.39, 0.29) is 25.6 Å². The predicted octanol–water partition coefficient (Wildman–Crippen LogP) is 8.94. The van der Waals surface area contributed by atoms with E-state index in [0.29, 0.717) is 19.3 Å². The minimum atomic E-state index is -1.03. The van der Waals surface area contributed by atoms with Crippen molar-refractivity contribution in [3.63, 3.8) is 0 Å². The number of rotatable bonds is 29. The fourth-order valence-corrected chi connectivity index (χ4v) is 4.51. The third kappa shape index (κ3) is 31.0. The molecule has 0 saturated heterocycles. The number of unbranched alkanes of at least 4 members (excludes halogenated alkanes) is 12. The van der Waals surface area contributed by atoms with Gasteiger partial charge in [-0.15, -0.1) is 0 Å². The summed E-state index contributed by atoms with van der Waals surface area (Å²) >= 11 is 0. The Kier molecular flexibility index (Phi) is 29.1. The molecule has 0 amide bonds. The highest BCUT2D eigenvalue weighted by molar-refractivity contribution is 5.69. The second kappa shape index (κ2) is 30.5. The Bertz CT molecular complexity index is 712. The van der Waals surface area contributed by atoms with Crippen molar-refractivity contribution in [2.45, 2.75) is 161 Å². The molecular formula is C36H64O6. The SMILES string of the molecule is CCCCCCCC/C=C/C/C=C/C=C/C(O)CCCC(=O)OC[C@@H](O)COC(=O)CCCCCCCCCC(C)C. The van der Waals surface area contributed by atoms with E-state index in [1.807, 2.05) is 12.2 Å². The van der Waals surface area contributed by atoms with Crippen LogP contribution in [0.15, 0.2) is 36.5 Å². The number of hydrogen-bond acceptors (Lipinski definition) is 6. The molecule has 0 saturated carbocycles. The van der Waals surface area contributed by atoms with E-state index in [1.54, 1.807) is 6.08 Å². The van der Waals surface area contributed by atoms with Crippen molar-refractivity contribution < 1.29 is 29.3 Å². The molecule has 0 aromatic carbocycles. The van der Waals surface area contributed by atoms with Crippen LogP contribution in [0.2, 0.25) is 0 Å². The first kappa shape index (κ1) is 40.1. The summed E-state index contributed by atoms with van der Waals surface area (Å²) in [6.07, 6.45) is 31.0. The van der Waals surface area contributed by atoms with Gasteiger partial charge in [0.1, 0.15) is 19.3 Å². The van der Waals surface area contributed by atoms with Crippen LogP contribution >= 0.6 is 0 Å². The van der Waals surface area contributed by atoms with Crippen molar-refractivity contribution in [3.05, 3.63) is 36.5 Å². The molecule has 0 heterocycles. The monoisotopic (exact) mass is 592 g/mol. The largest absolute Gasteiger partial charge is 0.463 e. The highest BCUT2D eigenvalue weighted by Crippen LogP contribution is 2.13. The summed E-state index contributed by atoms with van der Waals surface area (Å²) in [4.78, 5) is 23.8. The second-order valence-electron chi connectivity index (χ2n) is 12.0. The number of hydrogen-bond donors (Lipinski definition) is 2. The van der Waals surface area contributed by atoms with Gasteiger partial charge >= 0.3 is 11.9 Å². The molecule has 6 heteroatoms. The number of ether oxygens (including phenoxy) is 2. The fraction of sp³-hybridized carbons (Fsp3) is 0.778. The van der Waals surface area contributed by atoms with Gasteiger partial charge in [0.2, 0.25) is 0 Å². The molecule has 0 aliphatic carbocycles. The zero-order chi connectivity index (χ0) is 31.1. The summed E-state index contributed by atoms with van der Waals surface area (Å²) in [6, 6.07) is 0. The third-order valence-electron chi connectivity index (χ3n) is 7.16. The topological polar surface area (TPSA) is 93.1 Å². The smallest absolute Gasteiger partial charge is 0.305 e. The quantitative estimate of drug-likeness (QED) is 0.0390. The van der Waals surface area contributed by atoms with Crippen LogP contribution in [-0.4, -0.2) is 47.6 Å². The Morgan fingerprint density at radius 3 is 1.86 bits per heavy atom. The van der Waals surface area contributed by atoms with E-state index in [1.165, 1.54) is 70.6 Å². The van der Waals surface area contributed by atoms with Crippen LogP contribution in [0.3, 0.4) is 0 Å². The van der Waals surface area contributed by atoms with E-state index in [4.69, 9.17) is 9.47 Å². The van der Waals surface area contributed by atoms with Crippen molar-refractivity contribution in [1.29, 1.82) is 0 Å². The number of allylic oxidation sites excluding steroid dienone is 5. The first-order chi connectivity index (χ1) is 20.3. The Labute approximate surface area is 258 Å². The number of carbonyl (C=O) groups excluding carboxylic acids is 2. The molecule has 2 N–H and O–H groups in total. The fourth-order valence-electron chi connectivity index (χ4n) is 4.51. The summed E-state index contributed by atoms with van der Waals surface area (Å²) in [6.45, 7) is 6.38. The average Bonchev–Trinajstić information content (AvgIpc) is 2.96. The Morgan fingerprint density at radius 1 is 0.643 bits per heavy atom. The van der Waals surface area contributed by atoms with E-state index in [2.05, 4.69) is 39.0 Å². The second-order valence-corrected chi connectivity index (χ2v) is 12.0. The summed E-state index contributed by atoms with van der Waals surface area (Å²) in [7, 11) is 0. The molecule has 0 radical (unpaired) electrons. The molecule has 0 bridgehead atoms. The molecule has 0 aromatic heterocycles. The lowest BCUT2D eigenvalue weighted by Crippen LogP contribution is -2.25. The van der Waals surface area contributed by atoms with Gasteiger partial charge in [0.15, 0.2) is 0 Å². The zero-order valence-corrected chi connectivity index (χ0v) is 27.3. The molecule has 6 nitrogen and oxygen atoms in total. The standard InChI is InChI=1S/C36H64O6/c1-4-5-6-7-8-9-10-11-12-13-16-19-22-26-33(37)27-24-29-36(40)42-31-34(38)30-41-35(39)28-23-20-17-14-15-18-21-25-32(2)3/h11-12,16,19,22,26,32-34,37-38H,4-10,13-15,17-18,20-21,23-25,27-31H2,1-3H3/b12-11+,19-16+,26-22+/t33?,34-/m0/s1. The van der Waals surface area contributed by atoms with E-state index in [0.717, 1.165) is 38.0 Å². The number of carbonyl (C=O) groups is 2. The summed E-state index contributed by atoms with van der Waals surface area (Å²) < 4.78 is 10.2. The van der Waals surface area contributed by atoms with Crippen molar-refractivity contribution in [2.24, 2.45) is 5.92 Å². The maximum absolute atomic E-state index is 11.9. The van der Waals surface area contributed by atoms with Crippen LogP contribution in [-0.2, 0) is 19.1 Å². The molecule has 0 aliphatic heterocycles. The molecule has 0 fully saturated rings. The molecular weight excluding hydrogens is 528 g/mol. The highest BCUT2D eigenvalue weighted by atomic mass is 16.6. The highest BCUT2D eigenvalue weighted by Gasteiger charge is 2.12. The van der Waals surface area contributed by atoms with Crippen molar-refractivity contribution in [2.75, 3.05) is 13.2 Å². The van der Waals surface area contributed by atoms with Crippen molar-refractivity contribution in [3.8, 4) is 0 Å². The van der Waals surface area contributed by atoms with Crippen LogP contribution in [0.1, 0.15) is 149 Å². The minimum absolute atomic E-state index is 0.161. The van der Waals surface area contributed by atoms with Crippen molar-refractivity contribution >= 4 is 11.9 Å². The summed E-state index contributed by atoms with van der Waals surface area (Å²) in [5, 5.41) is 20.0. The van der Waals surface area contributed by atoms with Crippen molar-refractivity contribution in [1.82, 2.24) is 0 Å². The van der Waals surface area contributed by atoms with Crippen LogP contribution in [0.25, 0.3) is 0 Å². The molecule has 42 heavy (non-hydrogen) atoms. The van der Waals surface area contributed by atoms with Gasteiger partial charge in [-0.25, -0.2) is 0 Å². The van der Waals surface area contributed by atoms with Gasteiger partial charge in [-0.3, -0.25) is 9.59 Å². The summed E-state index contributed by atoms with van der Waals surface area (Å²) in [5.74, 6) is 0.0206. The maximum atomic E-state index is 11.9. The van der Waals surface area contributed by atoms with E-state index >= 15 is 0 Å². The Balaban J connectivity index is 3.68. The first-order valence-corrected chi connectivity index (χ1v) is 17.0.